The van der Waals surface area contributed by atoms with E-state index in [0.717, 1.165) is 5.56 Å². The number of carboxylic acids is 1. The van der Waals surface area contributed by atoms with Gasteiger partial charge in [0, 0.05) is 12.4 Å². The van der Waals surface area contributed by atoms with E-state index >= 15 is 0 Å². The number of rotatable bonds is 5. The topological polar surface area (TPSA) is 101 Å². The van der Waals surface area contributed by atoms with Crippen LogP contribution in [0.25, 0.3) is 5.65 Å². The maximum absolute atomic E-state index is 12.3. The minimum absolute atomic E-state index is 0.176. The molecule has 22 heavy (non-hydrogen) atoms. The van der Waals surface area contributed by atoms with Crippen LogP contribution < -0.4 is 10.9 Å². The number of nitrogens with zero attached hydrogens (tertiary/aromatic N) is 2. The van der Waals surface area contributed by atoms with Gasteiger partial charge in [-0.1, -0.05) is 19.4 Å². The van der Waals surface area contributed by atoms with Crippen molar-refractivity contribution in [1.82, 2.24) is 14.7 Å². The second-order valence-corrected chi connectivity index (χ2v) is 5.01. The van der Waals surface area contributed by atoms with Gasteiger partial charge in [0.15, 0.2) is 0 Å². The summed E-state index contributed by atoms with van der Waals surface area (Å²) in [5.41, 5.74) is 0.575. The Balaban J connectivity index is 2.38. The Morgan fingerprint density at radius 3 is 2.82 bits per heavy atom. The number of hydrogen-bond donors (Lipinski definition) is 2. The largest absolute Gasteiger partial charge is 0.480 e. The lowest BCUT2D eigenvalue weighted by Gasteiger charge is -2.13. The summed E-state index contributed by atoms with van der Waals surface area (Å²) in [6, 6.07) is 2.48. The summed E-state index contributed by atoms with van der Waals surface area (Å²) in [7, 11) is 0. The number of aryl methyl sites for hydroxylation is 1. The summed E-state index contributed by atoms with van der Waals surface area (Å²) in [4.78, 5) is 39.7. The number of carbonyl (C=O) groups is 2. The molecule has 2 aromatic rings. The van der Waals surface area contributed by atoms with Crippen LogP contribution in [-0.4, -0.2) is 32.4 Å². The van der Waals surface area contributed by atoms with Crippen LogP contribution in [0, 0.1) is 6.92 Å². The summed E-state index contributed by atoms with van der Waals surface area (Å²) in [5.74, 6) is -1.85. The molecule has 2 N–H and O–H groups in total. The van der Waals surface area contributed by atoms with Crippen LogP contribution in [0.15, 0.2) is 29.3 Å². The molecule has 7 heteroatoms. The first kappa shape index (κ1) is 15.7. The second kappa shape index (κ2) is 6.38. The van der Waals surface area contributed by atoms with Crippen LogP contribution in [0.1, 0.15) is 35.7 Å². The lowest BCUT2D eigenvalue weighted by molar-refractivity contribution is -0.139. The highest BCUT2D eigenvalue weighted by atomic mass is 16.4. The van der Waals surface area contributed by atoms with Crippen molar-refractivity contribution in [2.45, 2.75) is 32.7 Å². The number of pyridine rings is 1. The highest BCUT2D eigenvalue weighted by Gasteiger charge is 2.22. The maximum Gasteiger partial charge on any atom is 0.326 e. The first-order valence-electron chi connectivity index (χ1n) is 6.96. The van der Waals surface area contributed by atoms with Gasteiger partial charge in [0.2, 0.25) is 0 Å². The zero-order valence-corrected chi connectivity index (χ0v) is 12.4. The predicted molar refractivity (Wildman–Crippen MR) is 80.0 cm³/mol. The fourth-order valence-electron chi connectivity index (χ4n) is 2.18. The number of aliphatic carboxylic acids is 1. The van der Waals surface area contributed by atoms with Crippen molar-refractivity contribution in [3.8, 4) is 0 Å². The predicted octanol–water partition coefficient (Wildman–Crippen LogP) is 0.986. The molecule has 2 aromatic heterocycles. The van der Waals surface area contributed by atoms with E-state index in [1.807, 2.05) is 19.9 Å². The Hall–Kier alpha value is -2.70. The van der Waals surface area contributed by atoms with Gasteiger partial charge >= 0.3 is 5.97 Å². The Bertz CT molecular complexity index is 782. The summed E-state index contributed by atoms with van der Waals surface area (Å²) < 4.78 is 1.28. The average molecular weight is 303 g/mol. The van der Waals surface area contributed by atoms with Crippen molar-refractivity contribution >= 4 is 17.5 Å². The molecule has 0 saturated carbocycles. The fourth-order valence-corrected chi connectivity index (χ4v) is 2.18. The van der Waals surface area contributed by atoms with E-state index < -0.39 is 23.5 Å². The zero-order chi connectivity index (χ0) is 16.3. The molecule has 0 bridgehead atoms. The lowest BCUT2D eigenvalue weighted by Crippen LogP contribution is -2.42. The molecule has 1 atom stereocenters. The fraction of sp³-hybridized carbons (Fsp3) is 0.333. The van der Waals surface area contributed by atoms with Gasteiger partial charge in [-0.2, -0.15) is 0 Å². The summed E-state index contributed by atoms with van der Waals surface area (Å²) in [6.45, 7) is 3.63. The van der Waals surface area contributed by atoms with E-state index in [1.165, 1.54) is 16.8 Å². The van der Waals surface area contributed by atoms with Crippen molar-refractivity contribution in [3.63, 3.8) is 0 Å². The summed E-state index contributed by atoms with van der Waals surface area (Å²) >= 11 is 0. The minimum Gasteiger partial charge on any atom is -0.480 e. The molecule has 2 rings (SSSR count). The second-order valence-electron chi connectivity index (χ2n) is 5.01. The molecule has 0 spiro atoms. The molecule has 0 aromatic carbocycles. The van der Waals surface area contributed by atoms with Gasteiger partial charge in [0.05, 0.1) is 0 Å². The first-order chi connectivity index (χ1) is 10.5. The molecule has 1 unspecified atom stereocenters. The average Bonchev–Trinajstić information content (AvgIpc) is 2.47. The standard InChI is InChI=1S/C15H17N3O4/c1-3-5-11(15(21)22)17-13(19)10-8-16-12-9(2)6-4-7-18(12)14(10)20/h4,6-8,11H,3,5H2,1-2H3,(H,17,19)(H,21,22). The number of carbonyl (C=O) groups excluding carboxylic acids is 1. The SMILES string of the molecule is CCCC(NC(=O)c1cnc2c(C)cccn2c1=O)C(=O)O. The summed E-state index contributed by atoms with van der Waals surface area (Å²) in [5, 5.41) is 11.4. The molecule has 0 aliphatic carbocycles. The van der Waals surface area contributed by atoms with Gasteiger partial charge in [0.1, 0.15) is 17.3 Å². The molecule has 1 amide bonds. The van der Waals surface area contributed by atoms with E-state index in [4.69, 9.17) is 5.11 Å². The quantitative estimate of drug-likeness (QED) is 0.857. The third-order valence-corrected chi connectivity index (χ3v) is 3.35. The lowest BCUT2D eigenvalue weighted by atomic mass is 10.1. The van der Waals surface area contributed by atoms with Crippen LogP contribution in [0.5, 0.6) is 0 Å². The smallest absolute Gasteiger partial charge is 0.326 e. The molecule has 7 nitrogen and oxygen atoms in total. The Kier molecular flexibility index (Phi) is 4.55. The van der Waals surface area contributed by atoms with E-state index in [2.05, 4.69) is 10.3 Å². The number of amides is 1. The monoisotopic (exact) mass is 303 g/mol. The molecular weight excluding hydrogens is 286 g/mol. The van der Waals surface area contributed by atoms with E-state index in [0.29, 0.717) is 18.5 Å². The van der Waals surface area contributed by atoms with Crippen LogP contribution >= 0.6 is 0 Å². The number of hydrogen-bond acceptors (Lipinski definition) is 4. The van der Waals surface area contributed by atoms with Crippen LogP contribution in [0.2, 0.25) is 0 Å². The highest BCUT2D eigenvalue weighted by molar-refractivity contribution is 5.96. The molecule has 0 saturated heterocycles. The van der Waals surface area contributed by atoms with Gasteiger partial charge in [-0.3, -0.25) is 14.0 Å². The Labute approximate surface area is 126 Å². The first-order valence-corrected chi connectivity index (χ1v) is 6.96. The molecule has 0 aliphatic heterocycles. The van der Waals surface area contributed by atoms with E-state index in [-0.39, 0.29) is 5.56 Å². The van der Waals surface area contributed by atoms with Crippen molar-refractivity contribution in [3.05, 3.63) is 46.0 Å². The van der Waals surface area contributed by atoms with Crippen LogP contribution in [0.4, 0.5) is 0 Å². The molecule has 0 radical (unpaired) electrons. The Morgan fingerprint density at radius 2 is 2.18 bits per heavy atom. The van der Waals surface area contributed by atoms with Gasteiger partial charge in [0.25, 0.3) is 11.5 Å². The van der Waals surface area contributed by atoms with Gasteiger partial charge < -0.3 is 10.4 Å². The molecule has 2 heterocycles. The van der Waals surface area contributed by atoms with Gasteiger partial charge in [-0.05, 0) is 25.0 Å². The normalized spacial score (nSPS) is 12.1. The molecule has 0 aliphatic rings. The van der Waals surface area contributed by atoms with Crippen LogP contribution in [0.3, 0.4) is 0 Å². The van der Waals surface area contributed by atoms with Gasteiger partial charge in [-0.25, -0.2) is 9.78 Å². The van der Waals surface area contributed by atoms with E-state index in [1.54, 1.807) is 6.07 Å². The maximum atomic E-state index is 12.3. The third-order valence-electron chi connectivity index (χ3n) is 3.35. The molecular formula is C15H17N3O4. The van der Waals surface area contributed by atoms with Crippen molar-refractivity contribution in [2.75, 3.05) is 0 Å². The molecule has 0 fully saturated rings. The highest BCUT2D eigenvalue weighted by Crippen LogP contribution is 2.05. The number of fused-ring (bicyclic) bond motifs is 1. The number of carboxylic acid groups (broad SMARTS) is 1. The van der Waals surface area contributed by atoms with Crippen molar-refractivity contribution < 1.29 is 14.7 Å². The summed E-state index contributed by atoms with van der Waals surface area (Å²) in [6.07, 6.45) is 3.61. The number of aromatic nitrogens is 2. The minimum atomic E-state index is -1.13. The number of nitrogens with one attached hydrogen (secondary N) is 1. The third kappa shape index (κ3) is 2.98. The zero-order valence-electron chi connectivity index (χ0n) is 12.4. The molecule has 116 valence electrons. The van der Waals surface area contributed by atoms with Crippen molar-refractivity contribution in [2.24, 2.45) is 0 Å². The van der Waals surface area contributed by atoms with Gasteiger partial charge in [-0.15, -0.1) is 0 Å². The Morgan fingerprint density at radius 1 is 1.45 bits per heavy atom. The van der Waals surface area contributed by atoms with Crippen LogP contribution in [-0.2, 0) is 4.79 Å². The van der Waals surface area contributed by atoms with E-state index in [9.17, 15) is 14.4 Å². The van der Waals surface area contributed by atoms with Crippen molar-refractivity contribution in [1.29, 1.82) is 0 Å².